The molecule has 82 valence electrons. The van der Waals surface area contributed by atoms with Gasteiger partial charge in [-0.05, 0) is 12.1 Å². The number of halogens is 3. The van der Waals surface area contributed by atoms with Crippen molar-refractivity contribution >= 4 is 5.97 Å². The molecular weight excluding hydrogens is 217 g/mol. The molecule has 1 rings (SSSR count). The minimum absolute atomic E-state index is 0.449. The summed E-state index contributed by atoms with van der Waals surface area (Å²) in [4.78, 5) is 25.9. The predicted molar refractivity (Wildman–Crippen MR) is 42.0 cm³/mol. The Labute approximate surface area is 81.2 Å². The summed E-state index contributed by atoms with van der Waals surface area (Å²) >= 11 is 0. The number of hydrogen-bond donors (Lipinski definition) is 1. The normalized spacial score (nSPS) is 9.80. The molecule has 0 amide bonds. The summed E-state index contributed by atoms with van der Waals surface area (Å²) in [5.41, 5.74) is -0.449. The first-order valence-electron chi connectivity index (χ1n) is 3.41. The third-order valence-corrected chi connectivity index (χ3v) is 0.896. The largest absolute Gasteiger partial charge is 0.490 e. The van der Waals surface area contributed by atoms with E-state index in [1.807, 2.05) is 0 Å². The predicted octanol–water partition coefficient (Wildman–Crippen LogP) is 0.470. The van der Waals surface area contributed by atoms with Crippen LogP contribution in [0.4, 0.5) is 13.2 Å². The number of hydrogen-bond acceptors (Lipinski definition) is 4. The molecule has 15 heavy (non-hydrogen) atoms. The Morgan fingerprint density at radius 1 is 1.20 bits per heavy atom. The molecule has 5 nitrogen and oxygen atoms in total. The molecule has 0 radical (unpaired) electrons. The zero-order valence-corrected chi connectivity index (χ0v) is 7.10. The van der Waals surface area contributed by atoms with E-state index < -0.39 is 17.8 Å². The van der Waals surface area contributed by atoms with Gasteiger partial charge in [0, 0.05) is 12.4 Å². The highest BCUT2D eigenvalue weighted by atomic mass is 19.4. The molecule has 0 saturated carbocycles. The van der Waals surface area contributed by atoms with E-state index in [2.05, 4.69) is 9.97 Å². The van der Waals surface area contributed by atoms with Crippen LogP contribution in [0.15, 0.2) is 29.3 Å². The Balaban J connectivity index is 0.000000265. The molecule has 8 heteroatoms. The molecule has 0 aliphatic rings. The molecule has 0 aliphatic carbocycles. The molecule has 0 fully saturated rings. The number of aliphatic carboxylic acids is 1. The highest BCUT2D eigenvalue weighted by molar-refractivity contribution is 5.73. The second-order valence-electron chi connectivity index (χ2n) is 2.03. The van der Waals surface area contributed by atoms with Gasteiger partial charge in [0.25, 0.3) is 0 Å². The van der Waals surface area contributed by atoms with Gasteiger partial charge in [-0.1, -0.05) is 0 Å². The van der Waals surface area contributed by atoms with Crippen LogP contribution in [0, 0.1) is 0 Å². The molecule has 0 aliphatic heterocycles. The molecule has 0 aromatic carbocycles. The molecule has 1 aromatic rings. The topological polar surface area (TPSA) is 80.1 Å². The number of aromatic nitrogens is 2. The van der Waals surface area contributed by atoms with Crippen LogP contribution in [0.1, 0.15) is 0 Å². The smallest absolute Gasteiger partial charge is 0.475 e. The summed E-state index contributed by atoms with van der Waals surface area (Å²) in [6.45, 7) is 0. The van der Waals surface area contributed by atoms with Crippen LogP contribution < -0.4 is 5.69 Å². The van der Waals surface area contributed by atoms with Crippen LogP contribution in [0.25, 0.3) is 0 Å². The molecule has 1 heterocycles. The quantitative estimate of drug-likeness (QED) is 0.690. The van der Waals surface area contributed by atoms with Crippen molar-refractivity contribution in [3.63, 3.8) is 0 Å². The number of nitrogens with zero attached hydrogens (tertiary/aromatic N) is 2. The molecule has 0 saturated heterocycles. The van der Waals surface area contributed by atoms with E-state index in [-0.39, 0.29) is 0 Å². The Morgan fingerprint density at radius 2 is 1.53 bits per heavy atom. The number of rotatable bonds is 0. The lowest BCUT2D eigenvalue weighted by atomic mass is 10.6. The Hall–Kier alpha value is -1.99. The molecule has 1 N–H and O–H groups in total. The van der Waals surface area contributed by atoms with Crippen molar-refractivity contribution in [1.82, 2.24) is 9.97 Å². The van der Waals surface area contributed by atoms with Gasteiger partial charge in [0.05, 0.1) is 0 Å². The maximum absolute atomic E-state index is 10.6. The zero-order chi connectivity index (χ0) is 11.9. The van der Waals surface area contributed by atoms with E-state index in [1.165, 1.54) is 12.4 Å². The van der Waals surface area contributed by atoms with Crippen LogP contribution >= 0.6 is 0 Å². The highest BCUT2D eigenvalue weighted by Gasteiger charge is 2.38. The minimum atomic E-state index is -5.08. The van der Waals surface area contributed by atoms with Crippen molar-refractivity contribution < 1.29 is 23.1 Å². The average Bonchev–Trinajstić information content (AvgIpc) is 2.32. The van der Waals surface area contributed by atoms with Crippen molar-refractivity contribution in [1.29, 1.82) is 0 Å². The first-order chi connectivity index (χ1) is 6.84. The zero-order valence-electron chi connectivity index (χ0n) is 7.10. The summed E-state index contributed by atoms with van der Waals surface area (Å²) in [5.74, 6) is -2.76. The fraction of sp³-hybridized carbons (Fsp3) is 0.143. The Morgan fingerprint density at radius 3 is 1.80 bits per heavy atom. The van der Waals surface area contributed by atoms with Gasteiger partial charge in [0.2, 0.25) is 0 Å². The van der Waals surface area contributed by atoms with Gasteiger partial charge >= 0.3 is 17.8 Å². The van der Waals surface area contributed by atoms with Crippen LogP contribution in [-0.2, 0) is 4.79 Å². The van der Waals surface area contributed by atoms with Gasteiger partial charge in [0.15, 0.2) is 0 Å². The second-order valence-corrected chi connectivity index (χ2v) is 2.03. The number of carboxylic acid groups (broad SMARTS) is 1. The van der Waals surface area contributed by atoms with E-state index in [4.69, 9.17) is 9.90 Å². The van der Waals surface area contributed by atoms with Gasteiger partial charge in [0.1, 0.15) is 0 Å². The first kappa shape index (κ1) is 13.0. The van der Waals surface area contributed by atoms with Gasteiger partial charge in [-0.2, -0.15) is 13.2 Å². The lowest BCUT2D eigenvalue weighted by molar-refractivity contribution is -0.192. The summed E-state index contributed by atoms with van der Waals surface area (Å²) < 4.78 is 31.7. The molecule has 0 bridgehead atoms. The molecular formula is C7H5F3N2O3. The molecule has 0 unspecified atom stereocenters. The standard InChI is InChI=1S/C5H4N2O.C2HF3O2/c8-5-6-3-1-2-4-7-5;3-2(4,5)1(6)7/h1-4H;(H,6,7). The average molecular weight is 222 g/mol. The first-order valence-corrected chi connectivity index (χ1v) is 3.41. The SMILES string of the molecule is O=C(O)C(F)(F)F.O=c1nccccn1. The molecule has 0 atom stereocenters. The van der Waals surface area contributed by atoms with Gasteiger partial charge < -0.3 is 5.11 Å². The lowest BCUT2D eigenvalue weighted by Gasteiger charge is -1.93. The summed E-state index contributed by atoms with van der Waals surface area (Å²) in [5, 5.41) is 7.12. The van der Waals surface area contributed by atoms with Crippen LogP contribution in [-0.4, -0.2) is 27.2 Å². The van der Waals surface area contributed by atoms with Crippen LogP contribution in [0.3, 0.4) is 0 Å². The summed E-state index contributed by atoms with van der Waals surface area (Å²) in [6, 6.07) is 3.29. The van der Waals surface area contributed by atoms with Gasteiger partial charge in [-0.3, -0.25) is 0 Å². The fourth-order valence-corrected chi connectivity index (χ4v) is 0.346. The highest BCUT2D eigenvalue weighted by Crippen LogP contribution is 2.13. The van der Waals surface area contributed by atoms with Crippen molar-refractivity contribution in [2.24, 2.45) is 0 Å². The number of carbonyl (C=O) groups is 1. The molecule has 0 spiro atoms. The lowest BCUT2D eigenvalue weighted by Crippen LogP contribution is -2.21. The van der Waals surface area contributed by atoms with Crippen molar-refractivity contribution in [2.45, 2.75) is 6.18 Å². The van der Waals surface area contributed by atoms with E-state index in [0.29, 0.717) is 0 Å². The van der Waals surface area contributed by atoms with Gasteiger partial charge in [-0.25, -0.2) is 19.6 Å². The van der Waals surface area contributed by atoms with Crippen LogP contribution in [0.2, 0.25) is 0 Å². The van der Waals surface area contributed by atoms with Gasteiger partial charge in [-0.15, -0.1) is 0 Å². The summed E-state index contributed by atoms with van der Waals surface area (Å²) in [6.07, 6.45) is -2.26. The van der Waals surface area contributed by atoms with Crippen molar-refractivity contribution in [2.75, 3.05) is 0 Å². The van der Waals surface area contributed by atoms with E-state index in [9.17, 15) is 18.0 Å². The maximum Gasteiger partial charge on any atom is 0.490 e. The van der Waals surface area contributed by atoms with E-state index in [1.54, 1.807) is 12.1 Å². The Kier molecular flexibility index (Phi) is 4.93. The summed E-state index contributed by atoms with van der Waals surface area (Å²) in [7, 11) is 0. The third-order valence-electron chi connectivity index (χ3n) is 0.896. The van der Waals surface area contributed by atoms with Crippen molar-refractivity contribution in [3.8, 4) is 0 Å². The third kappa shape index (κ3) is 7.11. The number of alkyl halides is 3. The van der Waals surface area contributed by atoms with E-state index in [0.717, 1.165) is 0 Å². The van der Waals surface area contributed by atoms with E-state index >= 15 is 0 Å². The molecule has 1 aromatic heterocycles. The fourth-order valence-electron chi connectivity index (χ4n) is 0.346. The van der Waals surface area contributed by atoms with Crippen LogP contribution in [0.5, 0.6) is 0 Å². The van der Waals surface area contributed by atoms with Crippen molar-refractivity contribution in [3.05, 3.63) is 35.0 Å². The minimum Gasteiger partial charge on any atom is -0.475 e. The second kappa shape index (κ2) is 5.68. The maximum atomic E-state index is 10.6. The monoisotopic (exact) mass is 222 g/mol. The number of carboxylic acids is 1. The Bertz CT molecular complexity index is 358.